The van der Waals surface area contributed by atoms with Crippen LogP contribution in [0.5, 0.6) is 17.2 Å². The molecule has 4 nitrogen and oxygen atoms in total. The molecule has 3 aromatic carbocycles. The van der Waals surface area contributed by atoms with Crippen molar-refractivity contribution in [3.63, 3.8) is 0 Å². The van der Waals surface area contributed by atoms with Crippen LogP contribution in [0.1, 0.15) is 13.3 Å². The van der Waals surface area contributed by atoms with Crippen molar-refractivity contribution < 1.29 is 18.4 Å². The fraction of sp³-hybridized carbons (Fsp3) is 0.143. The van der Waals surface area contributed by atoms with Gasteiger partial charge in [-0.3, -0.25) is 0 Å². The van der Waals surface area contributed by atoms with E-state index in [1.165, 1.54) is 0 Å². The number of aliphatic hydroxyl groups is 1. The average molecular weight is 366 g/mol. The van der Waals surface area contributed by atoms with E-state index in [1.807, 2.05) is 97.9 Å². The van der Waals surface area contributed by atoms with Gasteiger partial charge in [-0.05, 0) is 42.8 Å². The summed E-state index contributed by atoms with van der Waals surface area (Å²) in [6.07, 6.45) is 0.443. The van der Waals surface area contributed by atoms with Crippen LogP contribution in [0.15, 0.2) is 91.0 Å². The first-order valence-electron chi connectivity index (χ1n) is 8.62. The molecular formula is C21H22O4Si. The minimum absolute atomic E-state index is 0.443. The molecule has 0 aromatic heterocycles. The standard InChI is InChI=1S/C21H22O4Si/c1-2-21(22)26(23-18-12-6-3-7-13-18,24-19-14-8-4-9-15-19)25-20-16-10-5-11-17-20/h3-17,21-22H,2H2,1H3. The fourth-order valence-corrected chi connectivity index (χ4v) is 4.90. The summed E-state index contributed by atoms with van der Waals surface area (Å²) in [5, 5.41) is 10.8. The van der Waals surface area contributed by atoms with Crippen LogP contribution in [0.3, 0.4) is 0 Å². The van der Waals surface area contributed by atoms with Crippen molar-refractivity contribution in [3.8, 4) is 17.2 Å². The van der Waals surface area contributed by atoms with Crippen LogP contribution < -0.4 is 13.3 Å². The summed E-state index contributed by atoms with van der Waals surface area (Å²) in [6, 6.07) is 27.9. The van der Waals surface area contributed by atoms with Crippen LogP contribution in [-0.4, -0.2) is 19.6 Å². The number of hydrogen-bond acceptors (Lipinski definition) is 4. The van der Waals surface area contributed by atoms with Gasteiger partial charge in [-0.1, -0.05) is 61.5 Å². The highest BCUT2D eigenvalue weighted by atomic mass is 28.4. The van der Waals surface area contributed by atoms with Gasteiger partial charge in [0, 0.05) is 0 Å². The Bertz CT molecular complexity index is 679. The topological polar surface area (TPSA) is 47.9 Å². The zero-order valence-electron chi connectivity index (χ0n) is 14.6. The third-order valence-corrected chi connectivity index (χ3v) is 6.59. The molecule has 0 aliphatic rings. The van der Waals surface area contributed by atoms with Gasteiger partial charge < -0.3 is 18.4 Å². The van der Waals surface area contributed by atoms with Gasteiger partial charge in [0.05, 0.1) is 0 Å². The lowest BCUT2D eigenvalue weighted by Crippen LogP contribution is -2.64. The van der Waals surface area contributed by atoms with Gasteiger partial charge in [-0.25, -0.2) is 0 Å². The molecule has 0 amide bonds. The van der Waals surface area contributed by atoms with E-state index in [-0.39, 0.29) is 0 Å². The first-order chi connectivity index (χ1) is 12.7. The van der Waals surface area contributed by atoms with E-state index in [4.69, 9.17) is 13.3 Å². The predicted molar refractivity (Wildman–Crippen MR) is 103 cm³/mol. The van der Waals surface area contributed by atoms with Crippen LogP contribution in [0.2, 0.25) is 0 Å². The maximum absolute atomic E-state index is 10.8. The van der Waals surface area contributed by atoms with Crippen molar-refractivity contribution in [1.29, 1.82) is 0 Å². The number of rotatable bonds is 8. The van der Waals surface area contributed by atoms with Crippen LogP contribution in [-0.2, 0) is 0 Å². The number of benzene rings is 3. The van der Waals surface area contributed by atoms with Crippen LogP contribution in [0.4, 0.5) is 0 Å². The van der Waals surface area contributed by atoms with E-state index >= 15 is 0 Å². The van der Waals surface area contributed by atoms with E-state index in [1.54, 1.807) is 0 Å². The molecule has 0 aliphatic heterocycles. The van der Waals surface area contributed by atoms with Crippen LogP contribution in [0.25, 0.3) is 0 Å². The molecule has 1 N–H and O–H groups in total. The van der Waals surface area contributed by atoms with Gasteiger partial charge in [-0.2, -0.15) is 0 Å². The second-order valence-corrected chi connectivity index (χ2v) is 8.26. The van der Waals surface area contributed by atoms with E-state index in [9.17, 15) is 5.11 Å². The van der Waals surface area contributed by atoms with Gasteiger partial charge in [0.1, 0.15) is 17.2 Å². The quantitative estimate of drug-likeness (QED) is 0.598. The Morgan fingerprint density at radius 1 is 0.654 bits per heavy atom. The monoisotopic (exact) mass is 366 g/mol. The molecule has 3 rings (SSSR count). The lowest BCUT2D eigenvalue weighted by atomic mass is 10.3. The first kappa shape index (κ1) is 18.0. The van der Waals surface area contributed by atoms with Gasteiger partial charge in [0.25, 0.3) is 0 Å². The van der Waals surface area contributed by atoms with Gasteiger partial charge >= 0.3 is 8.80 Å². The van der Waals surface area contributed by atoms with Crippen molar-refractivity contribution >= 4 is 8.80 Å². The second-order valence-electron chi connectivity index (χ2n) is 5.77. The highest BCUT2D eigenvalue weighted by Gasteiger charge is 2.56. The lowest BCUT2D eigenvalue weighted by Gasteiger charge is -2.33. The van der Waals surface area contributed by atoms with Crippen LogP contribution in [0, 0.1) is 0 Å². The predicted octanol–water partition coefficient (Wildman–Crippen LogP) is 4.47. The van der Waals surface area contributed by atoms with Gasteiger partial charge in [-0.15, -0.1) is 0 Å². The molecule has 1 unspecified atom stereocenters. The minimum Gasteiger partial charge on any atom is -0.482 e. The van der Waals surface area contributed by atoms with Crippen LogP contribution >= 0.6 is 0 Å². The highest BCUT2D eigenvalue weighted by Crippen LogP contribution is 2.27. The zero-order chi connectivity index (χ0) is 18.2. The van der Waals surface area contributed by atoms with E-state index in [0.29, 0.717) is 23.7 Å². The molecule has 0 bridgehead atoms. The first-order valence-corrected chi connectivity index (χ1v) is 10.4. The molecule has 1 atom stereocenters. The third-order valence-electron chi connectivity index (χ3n) is 3.80. The molecule has 5 heteroatoms. The SMILES string of the molecule is CCC(O)[Si](Oc1ccccc1)(Oc1ccccc1)Oc1ccccc1. The summed E-state index contributed by atoms with van der Waals surface area (Å²) < 4.78 is 18.6. The number of aliphatic hydroxyl groups excluding tert-OH is 1. The van der Waals surface area contributed by atoms with E-state index in [2.05, 4.69) is 0 Å². The van der Waals surface area contributed by atoms with Gasteiger partial charge in [0.2, 0.25) is 0 Å². The maximum Gasteiger partial charge on any atom is 0.729 e. The molecule has 0 fully saturated rings. The zero-order valence-corrected chi connectivity index (χ0v) is 15.6. The Hall–Kier alpha value is -2.76. The molecule has 0 saturated carbocycles. The third kappa shape index (κ3) is 4.44. The molecule has 0 radical (unpaired) electrons. The maximum atomic E-state index is 10.8. The lowest BCUT2D eigenvalue weighted by molar-refractivity contribution is 0.135. The molecule has 26 heavy (non-hydrogen) atoms. The molecule has 0 spiro atoms. The Kier molecular flexibility index (Phi) is 5.94. The van der Waals surface area contributed by atoms with Crippen molar-refractivity contribution in [2.75, 3.05) is 0 Å². The summed E-state index contributed by atoms with van der Waals surface area (Å²) in [7, 11) is -3.57. The Morgan fingerprint density at radius 2 is 0.962 bits per heavy atom. The largest absolute Gasteiger partial charge is 0.729 e. The summed E-state index contributed by atoms with van der Waals surface area (Å²) in [4.78, 5) is 0. The highest BCUT2D eigenvalue weighted by molar-refractivity contribution is 6.64. The molecule has 0 aliphatic carbocycles. The minimum atomic E-state index is -3.57. The van der Waals surface area contributed by atoms with Crippen molar-refractivity contribution in [2.45, 2.75) is 19.1 Å². The Morgan fingerprint density at radius 3 is 1.23 bits per heavy atom. The number of hydrogen-bond donors (Lipinski definition) is 1. The van der Waals surface area contributed by atoms with Gasteiger partial charge in [0.15, 0.2) is 5.73 Å². The van der Waals surface area contributed by atoms with E-state index < -0.39 is 14.5 Å². The Labute approximate surface area is 155 Å². The summed E-state index contributed by atoms with van der Waals surface area (Å²) >= 11 is 0. The molecule has 134 valence electrons. The summed E-state index contributed by atoms with van der Waals surface area (Å²) in [5.74, 6) is 1.79. The smallest absolute Gasteiger partial charge is 0.482 e. The van der Waals surface area contributed by atoms with Crippen molar-refractivity contribution in [2.24, 2.45) is 0 Å². The average Bonchev–Trinajstić information content (AvgIpc) is 2.69. The normalized spacial score (nSPS) is 12.2. The summed E-state index contributed by atoms with van der Waals surface area (Å²) in [6.45, 7) is 1.88. The molecule has 0 heterocycles. The molecule has 0 saturated heterocycles. The second kappa shape index (κ2) is 8.56. The van der Waals surface area contributed by atoms with Crippen molar-refractivity contribution in [1.82, 2.24) is 0 Å². The Balaban J connectivity index is 2.00. The van der Waals surface area contributed by atoms with Crippen molar-refractivity contribution in [3.05, 3.63) is 91.0 Å². The summed E-state index contributed by atoms with van der Waals surface area (Å²) in [5.41, 5.74) is -0.886. The molecular weight excluding hydrogens is 344 g/mol. The van der Waals surface area contributed by atoms with E-state index in [0.717, 1.165) is 0 Å². The number of para-hydroxylation sites is 3. The fourth-order valence-electron chi connectivity index (χ4n) is 2.47. The molecule has 3 aromatic rings.